The summed E-state index contributed by atoms with van der Waals surface area (Å²) in [4.78, 5) is 18.5. The molecule has 1 amide bonds. The van der Waals surface area contributed by atoms with Gasteiger partial charge in [0, 0.05) is 35.8 Å². The van der Waals surface area contributed by atoms with Gasteiger partial charge in [0.15, 0.2) is 9.84 Å². The highest BCUT2D eigenvalue weighted by Crippen LogP contribution is 2.20. The summed E-state index contributed by atoms with van der Waals surface area (Å²) in [6, 6.07) is 9.44. The van der Waals surface area contributed by atoms with Gasteiger partial charge in [-0.2, -0.15) is 0 Å². The predicted octanol–water partition coefficient (Wildman–Crippen LogP) is 2.28. The second-order valence-corrected chi connectivity index (χ2v) is 8.17. The van der Waals surface area contributed by atoms with Crippen LogP contribution in [-0.2, 0) is 14.6 Å². The van der Waals surface area contributed by atoms with Crippen molar-refractivity contribution in [1.82, 2.24) is 9.88 Å². The summed E-state index contributed by atoms with van der Waals surface area (Å²) in [5, 5.41) is 1.02. The van der Waals surface area contributed by atoms with Gasteiger partial charge in [-0.15, -0.1) is 0 Å². The van der Waals surface area contributed by atoms with Gasteiger partial charge >= 0.3 is 0 Å². The number of amides is 1. The van der Waals surface area contributed by atoms with Gasteiger partial charge in [-0.1, -0.05) is 24.3 Å². The Hall–Kier alpha value is -2.21. The number of pyridine rings is 1. The van der Waals surface area contributed by atoms with Crippen LogP contribution in [0.1, 0.15) is 18.9 Å². The molecule has 1 fully saturated rings. The van der Waals surface area contributed by atoms with Crippen molar-refractivity contribution in [3.05, 3.63) is 48.2 Å². The number of hydrogen-bond acceptors (Lipinski definition) is 4. The molecule has 2 aromatic rings. The van der Waals surface area contributed by atoms with E-state index in [0.717, 1.165) is 16.5 Å². The number of carbonyl (C=O) groups is 1. The molecule has 6 heteroatoms. The second kappa shape index (κ2) is 6.73. The number of nitrogens with zero attached hydrogens (tertiary/aromatic N) is 2. The van der Waals surface area contributed by atoms with E-state index in [9.17, 15) is 13.2 Å². The molecule has 1 aliphatic heterocycles. The predicted molar refractivity (Wildman–Crippen MR) is 95.2 cm³/mol. The van der Waals surface area contributed by atoms with Gasteiger partial charge in [0.2, 0.25) is 5.91 Å². The van der Waals surface area contributed by atoms with Crippen LogP contribution in [0.2, 0.25) is 0 Å². The van der Waals surface area contributed by atoms with E-state index >= 15 is 0 Å². The number of benzene rings is 1. The fourth-order valence-electron chi connectivity index (χ4n) is 3.13. The molecule has 0 radical (unpaired) electrons. The first kappa shape index (κ1) is 16.6. The Labute approximate surface area is 141 Å². The molecule has 1 aromatic heterocycles. The van der Waals surface area contributed by atoms with Gasteiger partial charge in [0.25, 0.3) is 0 Å². The molecule has 2 heterocycles. The molecular weight excluding hydrogens is 324 g/mol. The number of likely N-dealkylation sites (N-methyl/N-ethyl adjacent to an activating group) is 1. The molecule has 0 N–H and O–H groups in total. The quantitative estimate of drug-likeness (QED) is 0.798. The lowest BCUT2D eigenvalue weighted by atomic mass is 10.1. The summed E-state index contributed by atoms with van der Waals surface area (Å²) in [5.41, 5.74) is 1.71. The van der Waals surface area contributed by atoms with Gasteiger partial charge in [-0.05, 0) is 25.5 Å². The standard InChI is InChI=1S/C18H20N2O3S/c1-2-20(16-10-12-24(22,23)13-16)17(21)9-8-15-6-3-5-14-7-4-11-19-18(14)15/h3-9,11,16H,2,10,12-13H2,1H3/b9-8+. The maximum absolute atomic E-state index is 12.5. The van der Waals surface area contributed by atoms with Crippen LogP contribution in [0.4, 0.5) is 0 Å². The smallest absolute Gasteiger partial charge is 0.246 e. The number of hydrogen-bond donors (Lipinski definition) is 0. The third-order valence-electron chi connectivity index (χ3n) is 4.34. The molecule has 3 rings (SSSR count). The molecule has 0 bridgehead atoms. The third-order valence-corrected chi connectivity index (χ3v) is 6.09. The fraction of sp³-hybridized carbons (Fsp3) is 0.333. The first-order valence-corrected chi connectivity index (χ1v) is 9.85. The van der Waals surface area contributed by atoms with Crippen molar-refractivity contribution in [3.63, 3.8) is 0 Å². The average molecular weight is 344 g/mol. The monoisotopic (exact) mass is 344 g/mol. The highest BCUT2D eigenvalue weighted by molar-refractivity contribution is 7.91. The van der Waals surface area contributed by atoms with E-state index in [-0.39, 0.29) is 23.5 Å². The first-order chi connectivity index (χ1) is 11.5. The summed E-state index contributed by atoms with van der Waals surface area (Å²) in [6.07, 6.45) is 5.51. The zero-order chi connectivity index (χ0) is 17.2. The Kier molecular flexibility index (Phi) is 4.66. The zero-order valence-electron chi connectivity index (χ0n) is 13.6. The van der Waals surface area contributed by atoms with Crippen molar-refractivity contribution in [2.75, 3.05) is 18.1 Å². The van der Waals surface area contributed by atoms with Crippen LogP contribution in [-0.4, -0.2) is 48.3 Å². The number of sulfone groups is 1. The second-order valence-electron chi connectivity index (χ2n) is 5.94. The summed E-state index contributed by atoms with van der Waals surface area (Å²) in [7, 11) is -3.01. The van der Waals surface area contributed by atoms with Crippen molar-refractivity contribution in [2.45, 2.75) is 19.4 Å². The Morgan fingerprint density at radius 2 is 2.12 bits per heavy atom. The normalized spacial score (nSPS) is 19.8. The van der Waals surface area contributed by atoms with Crippen molar-refractivity contribution >= 4 is 32.7 Å². The van der Waals surface area contributed by atoms with Gasteiger partial charge in [-0.25, -0.2) is 8.42 Å². The molecule has 1 saturated heterocycles. The van der Waals surface area contributed by atoms with Crippen molar-refractivity contribution in [1.29, 1.82) is 0 Å². The summed E-state index contributed by atoms with van der Waals surface area (Å²) >= 11 is 0. The Morgan fingerprint density at radius 3 is 2.83 bits per heavy atom. The van der Waals surface area contributed by atoms with Crippen LogP contribution < -0.4 is 0 Å². The van der Waals surface area contributed by atoms with E-state index in [2.05, 4.69) is 4.98 Å². The lowest BCUT2D eigenvalue weighted by Crippen LogP contribution is -2.40. The Balaban J connectivity index is 1.81. The maximum atomic E-state index is 12.5. The molecular formula is C18H20N2O3S. The van der Waals surface area contributed by atoms with Crippen molar-refractivity contribution in [3.8, 4) is 0 Å². The molecule has 0 spiro atoms. The highest BCUT2D eigenvalue weighted by atomic mass is 32.2. The minimum atomic E-state index is -3.01. The number of fused-ring (bicyclic) bond motifs is 1. The molecule has 0 aliphatic carbocycles. The number of para-hydroxylation sites is 1. The number of rotatable bonds is 4. The van der Waals surface area contributed by atoms with Gasteiger partial charge in [0.05, 0.1) is 17.0 Å². The maximum Gasteiger partial charge on any atom is 0.246 e. The average Bonchev–Trinajstić information content (AvgIpc) is 2.93. The number of carbonyl (C=O) groups excluding carboxylic acids is 1. The van der Waals surface area contributed by atoms with Crippen molar-refractivity contribution in [2.24, 2.45) is 0 Å². The van der Waals surface area contributed by atoms with E-state index in [1.54, 1.807) is 17.2 Å². The molecule has 5 nitrogen and oxygen atoms in total. The van der Waals surface area contributed by atoms with E-state index < -0.39 is 9.84 Å². The van der Waals surface area contributed by atoms with Crippen LogP contribution >= 0.6 is 0 Å². The Bertz CT molecular complexity index is 885. The first-order valence-electron chi connectivity index (χ1n) is 8.03. The third kappa shape index (κ3) is 3.48. The molecule has 1 aromatic carbocycles. The molecule has 1 aliphatic rings. The highest BCUT2D eigenvalue weighted by Gasteiger charge is 2.33. The molecule has 0 saturated carbocycles. The molecule has 1 atom stereocenters. The lowest BCUT2D eigenvalue weighted by molar-refractivity contribution is -0.127. The molecule has 126 valence electrons. The minimum absolute atomic E-state index is 0.0657. The van der Waals surface area contributed by atoms with Gasteiger partial charge < -0.3 is 4.90 Å². The summed E-state index contributed by atoms with van der Waals surface area (Å²) in [6.45, 7) is 2.37. The minimum Gasteiger partial charge on any atom is -0.335 e. The van der Waals surface area contributed by atoms with E-state index in [0.29, 0.717) is 13.0 Å². The van der Waals surface area contributed by atoms with Gasteiger partial charge in [0.1, 0.15) is 0 Å². The zero-order valence-corrected chi connectivity index (χ0v) is 14.4. The summed E-state index contributed by atoms with van der Waals surface area (Å²) < 4.78 is 23.3. The van der Waals surface area contributed by atoms with Crippen LogP contribution in [0.25, 0.3) is 17.0 Å². The van der Waals surface area contributed by atoms with Crippen LogP contribution in [0.5, 0.6) is 0 Å². The van der Waals surface area contributed by atoms with Crippen molar-refractivity contribution < 1.29 is 13.2 Å². The van der Waals surface area contributed by atoms with Crippen LogP contribution in [0, 0.1) is 0 Å². The largest absolute Gasteiger partial charge is 0.335 e. The van der Waals surface area contributed by atoms with E-state index in [1.807, 2.05) is 37.3 Å². The molecule has 24 heavy (non-hydrogen) atoms. The van der Waals surface area contributed by atoms with Crippen LogP contribution in [0.3, 0.4) is 0 Å². The topological polar surface area (TPSA) is 67.3 Å². The number of aromatic nitrogens is 1. The Morgan fingerprint density at radius 1 is 1.33 bits per heavy atom. The van der Waals surface area contributed by atoms with Gasteiger partial charge in [-0.3, -0.25) is 9.78 Å². The SMILES string of the molecule is CCN(C(=O)/C=C/c1cccc2cccnc12)C1CCS(=O)(=O)C1. The fourth-order valence-corrected chi connectivity index (χ4v) is 4.86. The van der Waals surface area contributed by atoms with E-state index in [4.69, 9.17) is 0 Å². The van der Waals surface area contributed by atoms with E-state index in [1.165, 1.54) is 6.08 Å². The summed E-state index contributed by atoms with van der Waals surface area (Å²) in [5.74, 6) is 0.0711. The van der Waals surface area contributed by atoms with Crippen LogP contribution in [0.15, 0.2) is 42.6 Å². The lowest BCUT2D eigenvalue weighted by Gasteiger charge is -2.25. The molecule has 1 unspecified atom stereocenters.